The Kier molecular flexibility index (Phi) is 9.71. The van der Waals surface area contributed by atoms with Crippen LogP contribution in [0.5, 0.6) is 0 Å². The smallest absolute Gasteiger partial charge is 0.332 e. The van der Waals surface area contributed by atoms with Gasteiger partial charge in [-0.15, -0.1) is 0 Å². The van der Waals surface area contributed by atoms with Gasteiger partial charge in [0.15, 0.2) is 0 Å². The quantitative estimate of drug-likeness (QED) is 0.153. The Morgan fingerprint density at radius 3 is 1.37 bits per heavy atom. The second-order valence-corrected chi connectivity index (χ2v) is 24.9. The van der Waals surface area contributed by atoms with E-state index in [4.69, 9.17) is 0 Å². The number of hydrogen-bond donors (Lipinski definition) is 0. The molecule has 0 spiro atoms. The lowest BCUT2D eigenvalue weighted by atomic mass is 9.48. The van der Waals surface area contributed by atoms with Gasteiger partial charge in [0.25, 0.3) is 0 Å². The van der Waals surface area contributed by atoms with E-state index >= 15 is 0 Å². The van der Waals surface area contributed by atoms with Crippen LogP contribution in [0.4, 0.5) is 0 Å². The van der Waals surface area contributed by atoms with E-state index in [1.54, 1.807) is 0 Å². The number of hydrogen-bond acceptors (Lipinski definition) is 0. The number of benzene rings is 15. The third-order valence-corrected chi connectivity index (χ3v) is 20.6. The molecular formula is C84H50B2N4. The van der Waals surface area contributed by atoms with Crippen molar-refractivity contribution in [3.8, 4) is 44.8 Å². The third kappa shape index (κ3) is 6.36. The van der Waals surface area contributed by atoms with Crippen molar-refractivity contribution in [2.75, 3.05) is 0 Å². The topological polar surface area (TPSA) is 19.7 Å². The van der Waals surface area contributed by atoms with Crippen LogP contribution in [0.15, 0.2) is 303 Å². The van der Waals surface area contributed by atoms with Crippen LogP contribution < -0.4 is 21.9 Å². The fourth-order valence-electron chi connectivity index (χ4n) is 17.0. The van der Waals surface area contributed by atoms with Crippen LogP contribution in [-0.4, -0.2) is 31.8 Å². The van der Waals surface area contributed by atoms with Crippen LogP contribution in [0.1, 0.15) is 0 Å². The summed E-state index contributed by atoms with van der Waals surface area (Å²) in [6.45, 7) is -0.301. The van der Waals surface area contributed by atoms with Crippen molar-refractivity contribution in [2.24, 2.45) is 0 Å². The summed E-state index contributed by atoms with van der Waals surface area (Å²) in [6.07, 6.45) is 0. The van der Waals surface area contributed by atoms with Gasteiger partial charge in [-0.1, -0.05) is 261 Å². The summed E-state index contributed by atoms with van der Waals surface area (Å²) in [4.78, 5) is 0. The van der Waals surface area contributed by atoms with E-state index in [1.165, 1.54) is 186 Å². The van der Waals surface area contributed by atoms with E-state index in [9.17, 15) is 0 Å². The second kappa shape index (κ2) is 18.0. The molecule has 6 heteroatoms. The van der Waals surface area contributed by atoms with E-state index in [-0.39, 0.29) is 13.7 Å². The maximum absolute atomic E-state index is 2.69. The summed E-state index contributed by atoms with van der Waals surface area (Å²) >= 11 is 0. The Balaban J connectivity index is 0.857. The molecule has 0 N–H and O–H groups in total. The molecule has 4 aromatic heterocycles. The van der Waals surface area contributed by atoms with Crippen LogP contribution in [0.3, 0.4) is 0 Å². The average molecular weight is 1140 g/mol. The molecule has 0 saturated carbocycles. The normalized spacial score (nSPS) is 12.8. The van der Waals surface area contributed by atoms with Gasteiger partial charge in [-0.25, -0.2) is 0 Å². The highest BCUT2D eigenvalue weighted by atomic mass is 15.0. The van der Waals surface area contributed by atoms with Crippen molar-refractivity contribution >= 4 is 155 Å². The molecule has 15 aromatic carbocycles. The van der Waals surface area contributed by atoms with Crippen LogP contribution in [0.2, 0.25) is 0 Å². The van der Waals surface area contributed by atoms with Gasteiger partial charge in [0, 0.05) is 87.7 Å². The molecule has 0 saturated heterocycles. The molecule has 0 amide bonds. The van der Waals surface area contributed by atoms with Gasteiger partial charge < -0.3 is 18.1 Å². The standard InChI is InChI=1S/C84H50B2N4/c1-3-20-51(21-4-1)60-30-17-32-64-62-28-11-14-37-72(62)89(81(60)64)85-69-45-42-56(50-77(69)88-75-46-43-53-24-7-9-26-58(53)78(75)66-34-19-36-70(85)83(66)88)55-40-41-57-49-71-84-80(67(57)48-55)79-59-27-10-8-25-54(59)44-47-76(79)87(84)74-39-16-13-35-68(74)86(71)90-73-38-15-12-29-63(73)65-33-18-31-61(82(65)90)52-22-5-2-6-23-52/h1-50H. The molecule has 0 aliphatic carbocycles. The Morgan fingerprint density at radius 2 is 0.689 bits per heavy atom. The van der Waals surface area contributed by atoms with E-state index in [0.717, 1.165) is 0 Å². The summed E-state index contributed by atoms with van der Waals surface area (Å²) in [5, 5.41) is 17.7. The van der Waals surface area contributed by atoms with E-state index in [0.29, 0.717) is 0 Å². The van der Waals surface area contributed by atoms with Crippen LogP contribution in [-0.2, 0) is 0 Å². The first-order valence-corrected chi connectivity index (χ1v) is 31.5. The van der Waals surface area contributed by atoms with Gasteiger partial charge in [0.1, 0.15) is 0 Å². The minimum atomic E-state index is -0.151. The molecule has 4 nitrogen and oxygen atoms in total. The highest BCUT2D eigenvalue weighted by molar-refractivity contribution is 6.89. The van der Waals surface area contributed by atoms with E-state index < -0.39 is 0 Å². The predicted molar refractivity (Wildman–Crippen MR) is 384 cm³/mol. The molecule has 0 fully saturated rings. The Morgan fingerprint density at radius 1 is 0.211 bits per heavy atom. The molecule has 19 aromatic rings. The SMILES string of the molecule is c1ccc(-c2cccc3c4ccccc4n(B4c5ccc(-c6ccc7cc8c9c(c7c6)c6c7ccccc7ccc6n9-c6ccccc6B8n6c7ccccc7c7cccc(-c8ccccc8)c76)cc5-n5c6ccc7ccccc7c6c6cccc4c65)c23)cc1. The van der Waals surface area contributed by atoms with Crippen molar-refractivity contribution in [2.45, 2.75) is 0 Å². The van der Waals surface area contributed by atoms with Gasteiger partial charge in [0.2, 0.25) is 0 Å². The molecule has 2 aliphatic heterocycles. The lowest BCUT2D eigenvalue weighted by Crippen LogP contribution is -2.53. The number of aromatic nitrogens is 4. The number of nitrogens with zero attached hydrogens (tertiary/aromatic N) is 4. The summed E-state index contributed by atoms with van der Waals surface area (Å²) in [5.41, 5.74) is 24.7. The van der Waals surface area contributed by atoms with E-state index in [1.807, 2.05) is 0 Å². The molecule has 2 aliphatic rings. The molecule has 21 rings (SSSR count). The van der Waals surface area contributed by atoms with E-state index in [2.05, 4.69) is 321 Å². The third-order valence-electron chi connectivity index (χ3n) is 20.6. The minimum Gasteiger partial charge on any atom is -0.375 e. The zero-order valence-corrected chi connectivity index (χ0v) is 48.8. The summed E-state index contributed by atoms with van der Waals surface area (Å²) in [6, 6.07) is 115. The van der Waals surface area contributed by atoms with Crippen molar-refractivity contribution in [1.29, 1.82) is 0 Å². The summed E-state index contributed by atoms with van der Waals surface area (Å²) in [7, 11) is 0. The van der Waals surface area contributed by atoms with Crippen LogP contribution in [0, 0.1) is 0 Å². The fraction of sp³-hybridized carbons (Fsp3) is 0. The molecule has 0 atom stereocenters. The van der Waals surface area contributed by atoms with Crippen molar-refractivity contribution < 1.29 is 0 Å². The van der Waals surface area contributed by atoms with Gasteiger partial charge in [0.05, 0.1) is 22.1 Å². The first-order chi connectivity index (χ1) is 44.7. The first-order valence-electron chi connectivity index (χ1n) is 31.5. The maximum Gasteiger partial charge on any atom is 0.332 e. The highest BCUT2D eigenvalue weighted by Crippen LogP contribution is 2.46. The number of para-hydroxylation sites is 6. The van der Waals surface area contributed by atoms with Crippen molar-refractivity contribution in [1.82, 2.24) is 18.1 Å². The molecule has 6 heterocycles. The molecular weight excluding hydrogens is 1090 g/mol. The minimum absolute atomic E-state index is 0.150. The number of rotatable bonds is 5. The molecule has 0 unspecified atom stereocenters. The van der Waals surface area contributed by atoms with Gasteiger partial charge in [-0.05, 0) is 119 Å². The van der Waals surface area contributed by atoms with Gasteiger partial charge in [-0.3, -0.25) is 0 Å². The Labute approximate surface area is 518 Å². The lowest BCUT2D eigenvalue weighted by Gasteiger charge is -2.29. The van der Waals surface area contributed by atoms with Crippen LogP contribution >= 0.6 is 0 Å². The predicted octanol–water partition coefficient (Wildman–Crippen LogP) is 18.5. The first kappa shape index (κ1) is 48.5. The number of fused-ring (bicyclic) bond motifs is 22. The Hall–Kier alpha value is -11.6. The molecule has 412 valence electrons. The van der Waals surface area contributed by atoms with Gasteiger partial charge >= 0.3 is 13.7 Å². The van der Waals surface area contributed by atoms with Crippen molar-refractivity contribution in [3.63, 3.8) is 0 Å². The van der Waals surface area contributed by atoms with Crippen molar-refractivity contribution in [3.05, 3.63) is 303 Å². The van der Waals surface area contributed by atoms with Gasteiger partial charge in [-0.2, -0.15) is 0 Å². The lowest BCUT2D eigenvalue weighted by molar-refractivity contribution is 1.18. The Bertz CT molecular complexity index is 6360. The summed E-state index contributed by atoms with van der Waals surface area (Å²) in [5.74, 6) is 0. The molecule has 0 radical (unpaired) electrons. The maximum atomic E-state index is 2.69. The monoisotopic (exact) mass is 1140 g/mol. The zero-order chi connectivity index (χ0) is 58.4. The average Bonchev–Trinajstić information content (AvgIpc) is 1.52. The highest BCUT2D eigenvalue weighted by Gasteiger charge is 2.40. The zero-order valence-electron chi connectivity index (χ0n) is 48.8. The molecule has 0 bridgehead atoms. The largest absolute Gasteiger partial charge is 0.375 e. The molecule has 90 heavy (non-hydrogen) atoms. The second-order valence-electron chi connectivity index (χ2n) is 24.9. The summed E-state index contributed by atoms with van der Waals surface area (Å²) < 4.78 is 10.6. The fourth-order valence-corrected chi connectivity index (χ4v) is 17.0. The van der Waals surface area contributed by atoms with Crippen LogP contribution in [0.25, 0.3) is 164 Å².